The summed E-state index contributed by atoms with van der Waals surface area (Å²) in [5.41, 5.74) is 0.252. The maximum Gasteiger partial charge on any atom is 0.326 e. The van der Waals surface area contributed by atoms with Crippen molar-refractivity contribution >= 4 is 17.7 Å². The largest absolute Gasteiger partial charge is 0.459 e. The van der Waals surface area contributed by atoms with E-state index in [2.05, 4.69) is 4.98 Å². The number of ether oxygens (including phenoxy) is 1. The van der Waals surface area contributed by atoms with Crippen molar-refractivity contribution in [2.24, 2.45) is 0 Å². The fraction of sp³-hybridized carbons (Fsp3) is 0.500. The Bertz CT molecular complexity index is 496. The lowest BCUT2D eigenvalue weighted by molar-refractivity contribution is -0.155. The minimum atomic E-state index is -0.537. The minimum absolute atomic E-state index is 0.0162. The molecule has 0 saturated carbocycles. The van der Waals surface area contributed by atoms with Crippen LogP contribution in [0.2, 0.25) is 0 Å². The van der Waals surface area contributed by atoms with Crippen molar-refractivity contribution in [3.63, 3.8) is 0 Å². The summed E-state index contributed by atoms with van der Waals surface area (Å²) in [6, 6.07) is 3.37. The highest BCUT2D eigenvalue weighted by Gasteiger charge is 2.31. The van der Waals surface area contributed by atoms with Gasteiger partial charge in [0.1, 0.15) is 12.1 Å². The van der Waals surface area contributed by atoms with Gasteiger partial charge in [0.2, 0.25) is 0 Å². The molecule has 0 unspecified atom stereocenters. The van der Waals surface area contributed by atoms with Crippen LogP contribution in [0.4, 0.5) is 10.5 Å². The normalized spacial score (nSPS) is 15.7. The molecule has 0 aromatic carbocycles. The lowest BCUT2D eigenvalue weighted by Gasteiger charge is -2.22. The molecule has 1 fully saturated rings. The third-order valence-corrected chi connectivity index (χ3v) is 2.81. The van der Waals surface area contributed by atoms with Crippen LogP contribution in [0.5, 0.6) is 0 Å². The monoisotopic (exact) mass is 277 g/mol. The zero-order chi connectivity index (χ0) is 14.8. The number of carbonyl (C=O) groups excluding carboxylic acids is 2. The topological polar surface area (TPSA) is 62.7 Å². The Balaban J connectivity index is 1.97. The van der Waals surface area contributed by atoms with E-state index in [-0.39, 0.29) is 18.5 Å². The number of aromatic nitrogens is 1. The van der Waals surface area contributed by atoms with E-state index in [9.17, 15) is 9.59 Å². The van der Waals surface area contributed by atoms with Gasteiger partial charge in [0, 0.05) is 31.2 Å². The van der Waals surface area contributed by atoms with Gasteiger partial charge in [-0.3, -0.25) is 14.7 Å². The first-order valence-electron chi connectivity index (χ1n) is 6.55. The highest BCUT2D eigenvalue weighted by atomic mass is 16.6. The molecule has 1 aromatic rings. The highest BCUT2D eigenvalue weighted by molar-refractivity contribution is 5.95. The van der Waals surface area contributed by atoms with Crippen molar-refractivity contribution in [2.75, 3.05) is 24.5 Å². The Labute approximate surface area is 118 Å². The van der Waals surface area contributed by atoms with Crippen LogP contribution < -0.4 is 4.90 Å². The molecule has 0 aliphatic carbocycles. The molecular weight excluding hydrogens is 258 g/mol. The third kappa shape index (κ3) is 3.46. The molecular formula is C14H19N3O3. The molecule has 108 valence electrons. The van der Waals surface area contributed by atoms with Gasteiger partial charge < -0.3 is 9.64 Å². The quantitative estimate of drug-likeness (QED) is 0.788. The van der Waals surface area contributed by atoms with E-state index in [1.54, 1.807) is 50.2 Å². The van der Waals surface area contributed by atoms with Crippen molar-refractivity contribution < 1.29 is 14.3 Å². The number of rotatable bonds is 3. The van der Waals surface area contributed by atoms with Crippen LogP contribution in [0.25, 0.3) is 0 Å². The van der Waals surface area contributed by atoms with Crippen molar-refractivity contribution in [2.45, 2.75) is 26.4 Å². The van der Waals surface area contributed by atoms with Crippen LogP contribution in [0.1, 0.15) is 20.8 Å². The summed E-state index contributed by atoms with van der Waals surface area (Å²) < 4.78 is 5.23. The van der Waals surface area contributed by atoms with Gasteiger partial charge in [0.05, 0.1) is 0 Å². The second-order valence-electron chi connectivity index (χ2n) is 5.65. The average Bonchev–Trinajstić information content (AvgIpc) is 2.70. The van der Waals surface area contributed by atoms with Gasteiger partial charge in [0.25, 0.3) is 0 Å². The van der Waals surface area contributed by atoms with Crippen LogP contribution >= 0.6 is 0 Å². The summed E-state index contributed by atoms with van der Waals surface area (Å²) in [4.78, 5) is 31.0. The van der Waals surface area contributed by atoms with Gasteiger partial charge in [-0.15, -0.1) is 0 Å². The Kier molecular flexibility index (Phi) is 3.92. The van der Waals surface area contributed by atoms with Crippen LogP contribution in [0.3, 0.4) is 0 Å². The van der Waals surface area contributed by atoms with Crippen molar-refractivity contribution in [1.29, 1.82) is 0 Å². The molecule has 6 heteroatoms. The summed E-state index contributed by atoms with van der Waals surface area (Å²) in [6.07, 6.45) is 3.28. The van der Waals surface area contributed by atoms with E-state index in [4.69, 9.17) is 4.74 Å². The molecule has 1 aliphatic rings. The second-order valence-corrected chi connectivity index (χ2v) is 5.65. The number of hydrogen-bond donors (Lipinski definition) is 0. The van der Waals surface area contributed by atoms with Gasteiger partial charge in [-0.25, -0.2) is 4.79 Å². The maximum absolute atomic E-state index is 12.2. The molecule has 1 aromatic heterocycles. The van der Waals surface area contributed by atoms with Crippen LogP contribution in [0.15, 0.2) is 24.5 Å². The van der Waals surface area contributed by atoms with Gasteiger partial charge in [0.15, 0.2) is 0 Å². The second kappa shape index (κ2) is 5.48. The van der Waals surface area contributed by atoms with E-state index in [1.165, 1.54) is 4.90 Å². The van der Waals surface area contributed by atoms with E-state index >= 15 is 0 Å². The van der Waals surface area contributed by atoms with E-state index in [0.717, 1.165) is 5.69 Å². The molecule has 2 rings (SSSR count). The summed E-state index contributed by atoms with van der Waals surface area (Å²) in [5, 5.41) is 0. The van der Waals surface area contributed by atoms with Gasteiger partial charge in [-0.2, -0.15) is 0 Å². The van der Waals surface area contributed by atoms with Crippen LogP contribution in [0, 0.1) is 0 Å². The van der Waals surface area contributed by atoms with Crippen molar-refractivity contribution in [3.8, 4) is 0 Å². The number of pyridine rings is 1. The average molecular weight is 277 g/mol. The number of hydrogen-bond acceptors (Lipinski definition) is 4. The molecule has 6 nitrogen and oxygen atoms in total. The summed E-state index contributed by atoms with van der Waals surface area (Å²) >= 11 is 0. The fourth-order valence-electron chi connectivity index (χ4n) is 2.02. The molecule has 0 bridgehead atoms. The van der Waals surface area contributed by atoms with Gasteiger partial charge in [-0.1, -0.05) is 0 Å². The fourth-order valence-corrected chi connectivity index (χ4v) is 2.02. The first-order chi connectivity index (χ1) is 9.37. The number of anilines is 1. The van der Waals surface area contributed by atoms with E-state index < -0.39 is 5.60 Å². The summed E-state index contributed by atoms with van der Waals surface area (Å²) in [7, 11) is 0. The Morgan fingerprint density at radius 2 is 1.95 bits per heavy atom. The number of carbonyl (C=O) groups is 2. The molecule has 0 atom stereocenters. The predicted molar refractivity (Wildman–Crippen MR) is 74.4 cm³/mol. The number of amides is 2. The Morgan fingerprint density at radius 1 is 1.30 bits per heavy atom. The standard InChI is InChI=1S/C14H19N3O3/c1-14(2,3)20-12(18)10-16-8-9-17(13(16)19)11-4-6-15-7-5-11/h4-7H,8-10H2,1-3H3. The molecule has 2 heterocycles. The van der Waals surface area contributed by atoms with Gasteiger partial charge in [-0.05, 0) is 32.9 Å². The Hall–Kier alpha value is -2.11. The van der Waals surface area contributed by atoms with Gasteiger partial charge >= 0.3 is 12.0 Å². The predicted octanol–water partition coefficient (Wildman–Crippen LogP) is 1.67. The zero-order valence-corrected chi connectivity index (χ0v) is 12.0. The summed E-state index contributed by atoms with van der Waals surface area (Å²) in [6.45, 7) is 6.48. The molecule has 0 radical (unpaired) electrons. The lowest BCUT2D eigenvalue weighted by atomic mass is 10.2. The molecule has 1 saturated heterocycles. The first-order valence-corrected chi connectivity index (χ1v) is 6.55. The molecule has 20 heavy (non-hydrogen) atoms. The smallest absolute Gasteiger partial charge is 0.326 e. The van der Waals surface area contributed by atoms with Crippen LogP contribution in [-0.4, -0.2) is 47.1 Å². The lowest BCUT2D eigenvalue weighted by Crippen LogP contribution is -2.38. The first kappa shape index (κ1) is 14.3. The van der Waals surface area contributed by atoms with Crippen molar-refractivity contribution in [1.82, 2.24) is 9.88 Å². The summed E-state index contributed by atoms with van der Waals surface area (Å²) in [5.74, 6) is -0.387. The van der Waals surface area contributed by atoms with Crippen LogP contribution in [-0.2, 0) is 9.53 Å². The molecule has 2 amide bonds. The maximum atomic E-state index is 12.2. The molecule has 0 N–H and O–H groups in total. The Morgan fingerprint density at radius 3 is 2.55 bits per heavy atom. The molecule has 0 spiro atoms. The van der Waals surface area contributed by atoms with Crippen molar-refractivity contribution in [3.05, 3.63) is 24.5 Å². The third-order valence-electron chi connectivity index (χ3n) is 2.81. The van der Waals surface area contributed by atoms with E-state index in [1.807, 2.05) is 0 Å². The minimum Gasteiger partial charge on any atom is -0.459 e. The zero-order valence-electron chi connectivity index (χ0n) is 12.0. The number of nitrogens with zero attached hydrogens (tertiary/aromatic N) is 3. The number of esters is 1. The highest BCUT2D eigenvalue weighted by Crippen LogP contribution is 2.19. The van der Waals surface area contributed by atoms with E-state index in [0.29, 0.717) is 13.1 Å². The molecule has 1 aliphatic heterocycles. The number of urea groups is 1. The SMILES string of the molecule is CC(C)(C)OC(=O)CN1CCN(c2ccncc2)C1=O.